The number of aromatic nitrogens is 2. The molecule has 0 aliphatic rings. The molecule has 0 aromatic carbocycles. The van der Waals surface area contributed by atoms with Gasteiger partial charge in [0.1, 0.15) is 11.4 Å². The van der Waals surface area contributed by atoms with Gasteiger partial charge in [0.05, 0.1) is 6.26 Å². The van der Waals surface area contributed by atoms with Crippen molar-refractivity contribution in [2.45, 2.75) is 50.5 Å². The van der Waals surface area contributed by atoms with Crippen LogP contribution in [-0.2, 0) is 11.0 Å². The third kappa shape index (κ3) is 6.05. The molecule has 2 aromatic rings. The van der Waals surface area contributed by atoms with Crippen LogP contribution < -0.4 is 5.32 Å². The Morgan fingerprint density at radius 1 is 1.38 bits per heavy atom. The summed E-state index contributed by atoms with van der Waals surface area (Å²) in [4.78, 5) is 19.4. The number of hydrogen-bond donors (Lipinski definition) is 1. The summed E-state index contributed by atoms with van der Waals surface area (Å²) < 4.78 is 44.3. The molecular weight excluding hydrogens is 367 g/mol. The first-order valence-electron chi connectivity index (χ1n) is 8.22. The molecule has 9 heteroatoms. The molecule has 0 unspecified atom stereocenters. The molecule has 2 aromatic heterocycles. The lowest BCUT2D eigenvalue weighted by molar-refractivity contribution is -0.141. The minimum Gasteiger partial charge on any atom is -0.463 e. The summed E-state index contributed by atoms with van der Waals surface area (Å²) in [6.45, 7) is 3.89. The summed E-state index contributed by atoms with van der Waals surface area (Å²) in [6, 6.07) is 4.09. The van der Waals surface area contributed by atoms with Crippen LogP contribution in [0.2, 0.25) is 0 Å². The molecule has 1 atom stereocenters. The zero-order chi connectivity index (χ0) is 19.2. The fraction of sp³-hybridized carbons (Fsp3) is 0.471. The van der Waals surface area contributed by atoms with E-state index in [0.29, 0.717) is 18.6 Å². The first-order chi connectivity index (χ1) is 12.3. The van der Waals surface area contributed by atoms with E-state index in [9.17, 15) is 18.0 Å². The SMILES string of the molecule is CC[C@H](C)NC(=O)CCCSc1nc(-c2ccco2)cc(C(F)(F)F)n1. The zero-order valence-corrected chi connectivity index (χ0v) is 15.3. The minimum atomic E-state index is -4.57. The monoisotopic (exact) mass is 387 g/mol. The summed E-state index contributed by atoms with van der Waals surface area (Å²) in [5.74, 6) is 0.612. The number of furan rings is 1. The number of hydrogen-bond acceptors (Lipinski definition) is 5. The average molecular weight is 387 g/mol. The van der Waals surface area contributed by atoms with Crippen molar-refractivity contribution in [2.75, 3.05) is 5.75 Å². The number of nitrogens with zero attached hydrogens (tertiary/aromatic N) is 2. The van der Waals surface area contributed by atoms with Crippen LogP contribution in [0, 0.1) is 0 Å². The largest absolute Gasteiger partial charge is 0.463 e. The van der Waals surface area contributed by atoms with E-state index >= 15 is 0 Å². The molecule has 0 fully saturated rings. The summed E-state index contributed by atoms with van der Waals surface area (Å²) >= 11 is 1.08. The summed E-state index contributed by atoms with van der Waals surface area (Å²) in [5.41, 5.74) is -0.940. The lowest BCUT2D eigenvalue weighted by Gasteiger charge is -2.11. The maximum atomic E-state index is 13.1. The van der Waals surface area contributed by atoms with E-state index < -0.39 is 11.9 Å². The Kier molecular flexibility index (Phi) is 7.07. The van der Waals surface area contributed by atoms with Gasteiger partial charge in [0.15, 0.2) is 10.9 Å². The summed E-state index contributed by atoms with van der Waals surface area (Å²) in [6.07, 6.45) is -1.54. The van der Waals surface area contributed by atoms with Gasteiger partial charge in [-0.05, 0) is 38.0 Å². The van der Waals surface area contributed by atoms with Crippen LogP contribution >= 0.6 is 11.8 Å². The van der Waals surface area contributed by atoms with Crippen LogP contribution in [0.15, 0.2) is 34.0 Å². The van der Waals surface area contributed by atoms with Crippen LogP contribution in [-0.4, -0.2) is 27.7 Å². The van der Waals surface area contributed by atoms with Gasteiger partial charge in [-0.1, -0.05) is 18.7 Å². The smallest absolute Gasteiger partial charge is 0.433 e. The lowest BCUT2D eigenvalue weighted by atomic mass is 10.2. The van der Waals surface area contributed by atoms with Crippen LogP contribution in [0.5, 0.6) is 0 Å². The molecule has 0 radical (unpaired) electrons. The Morgan fingerprint density at radius 3 is 2.77 bits per heavy atom. The first kappa shape index (κ1) is 20.3. The summed E-state index contributed by atoms with van der Waals surface area (Å²) in [5, 5.41) is 2.85. The fourth-order valence-electron chi connectivity index (χ4n) is 2.03. The van der Waals surface area contributed by atoms with Gasteiger partial charge < -0.3 is 9.73 Å². The Labute approximate surface area is 153 Å². The highest BCUT2D eigenvalue weighted by Gasteiger charge is 2.34. The number of carbonyl (C=O) groups excluding carboxylic acids is 1. The van der Waals surface area contributed by atoms with E-state index in [4.69, 9.17) is 4.42 Å². The normalized spacial score (nSPS) is 12.8. The van der Waals surface area contributed by atoms with E-state index in [1.54, 1.807) is 6.07 Å². The molecule has 0 spiro atoms. The van der Waals surface area contributed by atoms with Crippen molar-refractivity contribution in [2.24, 2.45) is 0 Å². The lowest BCUT2D eigenvalue weighted by Crippen LogP contribution is -2.31. The standard InChI is InChI=1S/C17H20F3N3O2S/c1-3-11(2)21-15(24)7-5-9-26-16-22-12(13-6-4-8-25-13)10-14(23-16)17(18,19)20/h4,6,8,10-11H,3,5,7,9H2,1-2H3,(H,21,24)/t11-/m0/s1. The van der Waals surface area contributed by atoms with Crippen molar-refractivity contribution in [3.63, 3.8) is 0 Å². The molecular formula is C17H20F3N3O2S. The van der Waals surface area contributed by atoms with Crippen molar-refractivity contribution in [3.8, 4) is 11.5 Å². The van der Waals surface area contributed by atoms with Crippen molar-refractivity contribution < 1.29 is 22.4 Å². The molecule has 26 heavy (non-hydrogen) atoms. The van der Waals surface area contributed by atoms with Crippen molar-refractivity contribution in [3.05, 3.63) is 30.2 Å². The third-order valence-corrected chi connectivity index (χ3v) is 4.50. The van der Waals surface area contributed by atoms with Gasteiger partial charge in [0.25, 0.3) is 0 Å². The van der Waals surface area contributed by atoms with E-state index in [-0.39, 0.29) is 28.6 Å². The van der Waals surface area contributed by atoms with Crippen molar-refractivity contribution >= 4 is 17.7 Å². The Morgan fingerprint density at radius 2 is 2.15 bits per heavy atom. The molecule has 2 rings (SSSR count). The summed E-state index contributed by atoms with van der Waals surface area (Å²) in [7, 11) is 0. The maximum absolute atomic E-state index is 13.1. The number of alkyl halides is 3. The van der Waals surface area contributed by atoms with E-state index in [2.05, 4.69) is 15.3 Å². The highest BCUT2D eigenvalue weighted by Crippen LogP contribution is 2.32. The van der Waals surface area contributed by atoms with Crippen molar-refractivity contribution in [1.82, 2.24) is 15.3 Å². The molecule has 2 heterocycles. The van der Waals surface area contributed by atoms with Gasteiger partial charge in [0.2, 0.25) is 5.91 Å². The van der Waals surface area contributed by atoms with Gasteiger partial charge in [-0.2, -0.15) is 13.2 Å². The number of carbonyl (C=O) groups is 1. The first-order valence-corrected chi connectivity index (χ1v) is 9.20. The molecule has 0 saturated heterocycles. The predicted molar refractivity (Wildman–Crippen MR) is 92.6 cm³/mol. The molecule has 1 N–H and O–H groups in total. The molecule has 0 aliphatic carbocycles. The number of halogens is 3. The molecule has 0 aliphatic heterocycles. The van der Waals surface area contributed by atoms with Gasteiger partial charge in [0, 0.05) is 18.2 Å². The highest BCUT2D eigenvalue weighted by molar-refractivity contribution is 7.99. The minimum absolute atomic E-state index is 0.00793. The average Bonchev–Trinajstić information content (AvgIpc) is 3.12. The quantitative estimate of drug-likeness (QED) is 0.409. The number of thioether (sulfide) groups is 1. The van der Waals surface area contributed by atoms with Gasteiger partial charge >= 0.3 is 6.18 Å². The Bertz CT molecular complexity index is 721. The van der Waals surface area contributed by atoms with E-state index in [0.717, 1.165) is 24.2 Å². The number of amides is 1. The van der Waals surface area contributed by atoms with Crippen LogP contribution in [0.3, 0.4) is 0 Å². The molecule has 142 valence electrons. The third-order valence-electron chi connectivity index (χ3n) is 3.57. The molecule has 1 amide bonds. The fourth-order valence-corrected chi connectivity index (χ4v) is 2.83. The molecule has 5 nitrogen and oxygen atoms in total. The van der Waals surface area contributed by atoms with Crippen LogP contribution in [0.1, 0.15) is 38.8 Å². The van der Waals surface area contributed by atoms with E-state index in [1.165, 1.54) is 12.3 Å². The number of rotatable bonds is 8. The second-order valence-corrected chi connectivity index (χ2v) is 6.79. The second-order valence-electron chi connectivity index (χ2n) is 5.72. The molecule has 0 saturated carbocycles. The van der Waals surface area contributed by atoms with Gasteiger partial charge in [-0.25, -0.2) is 9.97 Å². The van der Waals surface area contributed by atoms with Gasteiger partial charge in [-0.3, -0.25) is 4.79 Å². The van der Waals surface area contributed by atoms with Crippen molar-refractivity contribution in [1.29, 1.82) is 0 Å². The maximum Gasteiger partial charge on any atom is 0.433 e. The molecule has 0 bridgehead atoms. The van der Waals surface area contributed by atoms with E-state index in [1.807, 2.05) is 13.8 Å². The Hall–Kier alpha value is -2.03. The van der Waals surface area contributed by atoms with Crippen LogP contribution in [0.4, 0.5) is 13.2 Å². The zero-order valence-electron chi connectivity index (χ0n) is 14.5. The van der Waals surface area contributed by atoms with Crippen LogP contribution in [0.25, 0.3) is 11.5 Å². The predicted octanol–water partition coefficient (Wildman–Crippen LogP) is 4.54. The second kappa shape index (κ2) is 9.07. The highest BCUT2D eigenvalue weighted by atomic mass is 32.2. The number of nitrogens with one attached hydrogen (secondary N) is 1. The van der Waals surface area contributed by atoms with Gasteiger partial charge in [-0.15, -0.1) is 0 Å². The topological polar surface area (TPSA) is 68.0 Å². The Balaban J connectivity index is 2.00.